The van der Waals surface area contributed by atoms with Crippen molar-refractivity contribution in [2.75, 3.05) is 0 Å². The largest absolute Gasteiger partial charge is 0.296 e. The number of alkyl halides is 1. The molecule has 18 heavy (non-hydrogen) atoms. The molecule has 0 aliphatic carbocycles. The van der Waals surface area contributed by atoms with Crippen molar-refractivity contribution >= 4 is 43.4 Å². The molecule has 0 amide bonds. The zero-order valence-electron chi connectivity index (χ0n) is 9.88. The van der Waals surface area contributed by atoms with Crippen LogP contribution in [0.3, 0.4) is 0 Å². The molecule has 0 spiro atoms. The molecular formula is C13H13Br2FO2. The third-order valence-corrected chi connectivity index (χ3v) is 4.55. The molecule has 0 saturated heterocycles. The minimum Gasteiger partial charge on any atom is -0.296 e. The predicted molar refractivity (Wildman–Crippen MR) is 75.6 cm³/mol. The van der Waals surface area contributed by atoms with E-state index >= 15 is 0 Å². The topological polar surface area (TPSA) is 34.1 Å². The summed E-state index contributed by atoms with van der Waals surface area (Å²) in [6, 6.07) is 4.86. The fraction of sp³-hybridized carbons (Fsp3) is 0.385. The van der Waals surface area contributed by atoms with Crippen LogP contribution in [-0.4, -0.2) is 17.7 Å². The summed E-state index contributed by atoms with van der Waals surface area (Å²) in [4.78, 5) is 23.4. The Bertz CT molecular complexity index is 460. The molecule has 98 valence electrons. The summed E-state index contributed by atoms with van der Waals surface area (Å²) in [7, 11) is 0. The molecule has 0 bridgehead atoms. The number of halogens is 3. The molecule has 0 aliphatic heterocycles. The Kier molecular flexibility index (Phi) is 6.15. The number of carbonyl (C=O) groups is 2. The second kappa shape index (κ2) is 7.14. The van der Waals surface area contributed by atoms with Crippen molar-refractivity contribution in [3.63, 3.8) is 0 Å². The lowest BCUT2D eigenvalue weighted by atomic mass is 10.0. The van der Waals surface area contributed by atoms with E-state index in [9.17, 15) is 14.0 Å². The van der Waals surface area contributed by atoms with Crippen LogP contribution in [0.1, 0.15) is 36.5 Å². The molecular weight excluding hydrogens is 367 g/mol. The molecule has 0 N–H and O–H groups in total. The highest BCUT2D eigenvalue weighted by molar-refractivity contribution is 9.13. The van der Waals surface area contributed by atoms with Gasteiger partial charge in [-0.15, -0.1) is 0 Å². The van der Waals surface area contributed by atoms with Gasteiger partial charge in [-0.25, -0.2) is 4.39 Å². The molecule has 1 aromatic rings. The molecule has 1 rings (SSSR count). The maximum Gasteiger partial charge on any atom is 0.220 e. The molecule has 1 unspecified atom stereocenters. The Morgan fingerprint density at radius 3 is 2.61 bits per heavy atom. The van der Waals surface area contributed by atoms with Crippen LogP contribution in [0, 0.1) is 0 Å². The summed E-state index contributed by atoms with van der Waals surface area (Å²) in [5, 5.41) is 0. The molecule has 0 aliphatic rings. The Balaban J connectivity index is 2.87. The summed E-state index contributed by atoms with van der Waals surface area (Å²) in [6.45, 7) is 1.91. The number of carbonyl (C=O) groups excluding carboxylic acids is 2. The zero-order valence-corrected chi connectivity index (χ0v) is 13.1. The van der Waals surface area contributed by atoms with E-state index in [1.54, 1.807) is 12.1 Å². The Hall–Kier alpha value is -0.550. The van der Waals surface area contributed by atoms with Crippen molar-refractivity contribution in [3.05, 3.63) is 32.7 Å². The first-order chi connectivity index (χ1) is 8.49. The molecule has 0 aromatic heterocycles. The molecule has 0 heterocycles. The van der Waals surface area contributed by atoms with Gasteiger partial charge >= 0.3 is 0 Å². The van der Waals surface area contributed by atoms with Crippen molar-refractivity contribution in [1.82, 2.24) is 0 Å². The van der Waals surface area contributed by atoms with Gasteiger partial charge in [0.05, 0.1) is 0 Å². The van der Waals surface area contributed by atoms with E-state index in [2.05, 4.69) is 31.9 Å². The lowest BCUT2D eigenvalue weighted by Gasteiger charge is -2.08. The second-order valence-electron chi connectivity index (χ2n) is 3.90. The summed E-state index contributed by atoms with van der Waals surface area (Å²) in [5.41, 5.74) is 0.182. The van der Waals surface area contributed by atoms with Crippen molar-refractivity contribution in [2.24, 2.45) is 0 Å². The number of ketones is 2. The van der Waals surface area contributed by atoms with Crippen LogP contribution in [0.5, 0.6) is 0 Å². The van der Waals surface area contributed by atoms with E-state index in [0.717, 1.165) is 6.42 Å². The Morgan fingerprint density at radius 2 is 2.00 bits per heavy atom. The fourth-order valence-electron chi connectivity index (χ4n) is 1.45. The lowest BCUT2D eigenvalue weighted by molar-refractivity contribution is -0.122. The van der Waals surface area contributed by atoms with Crippen LogP contribution in [0.15, 0.2) is 27.1 Å². The normalized spacial score (nSPS) is 12.2. The average Bonchev–Trinajstić information content (AvgIpc) is 2.37. The highest BCUT2D eigenvalue weighted by Crippen LogP contribution is 2.28. The van der Waals surface area contributed by atoms with E-state index in [1.165, 1.54) is 6.07 Å². The van der Waals surface area contributed by atoms with E-state index in [-0.39, 0.29) is 12.0 Å². The predicted octanol–water partition coefficient (Wildman–Crippen LogP) is 4.49. The minimum absolute atomic E-state index is 0.106. The standard InChI is InChI=1S/C13H13Br2FO2/c1-2-3-7-10(17)12(16)13(18)8-5-4-6-9(14)11(8)15/h4-6,12H,2-3,7H2,1H3. The highest BCUT2D eigenvalue weighted by Gasteiger charge is 2.28. The highest BCUT2D eigenvalue weighted by atomic mass is 79.9. The zero-order chi connectivity index (χ0) is 13.7. The van der Waals surface area contributed by atoms with Crippen LogP contribution in [0.2, 0.25) is 0 Å². The molecule has 0 saturated carbocycles. The van der Waals surface area contributed by atoms with Crippen LogP contribution in [-0.2, 0) is 4.79 Å². The van der Waals surface area contributed by atoms with Crippen LogP contribution in [0.25, 0.3) is 0 Å². The van der Waals surface area contributed by atoms with Crippen LogP contribution >= 0.6 is 31.9 Å². The van der Waals surface area contributed by atoms with Crippen molar-refractivity contribution in [1.29, 1.82) is 0 Å². The maximum atomic E-state index is 13.8. The summed E-state index contributed by atoms with van der Waals surface area (Å²) in [6.07, 6.45) is -0.559. The lowest BCUT2D eigenvalue weighted by Crippen LogP contribution is -2.26. The summed E-state index contributed by atoms with van der Waals surface area (Å²) in [5.74, 6) is -1.43. The summed E-state index contributed by atoms with van der Waals surface area (Å²) < 4.78 is 14.9. The molecule has 0 fully saturated rings. The van der Waals surface area contributed by atoms with E-state index in [4.69, 9.17) is 0 Å². The quantitative estimate of drug-likeness (QED) is 0.539. The van der Waals surface area contributed by atoms with Gasteiger partial charge in [-0.2, -0.15) is 0 Å². The Morgan fingerprint density at radius 1 is 1.33 bits per heavy atom. The second-order valence-corrected chi connectivity index (χ2v) is 5.55. The molecule has 1 aromatic carbocycles. The third-order valence-electron chi connectivity index (χ3n) is 2.51. The van der Waals surface area contributed by atoms with Crippen molar-refractivity contribution in [2.45, 2.75) is 32.4 Å². The number of benzene rings is 1. The Labute approximate surface area is 122 Å². The van der Waals surface area contributed by atoms with Gasteiger partial charge in [-0.05, 0) is 44.3 Å². The van der Waals surface area contributed by atoms with Gasteiger partial charge < -0.3 is 0 Å². The van der Waals surface area contributed by atoms with Gasteiger partial charge in [0.15, 0.2) is 5.78 Å². The fourth-order valence-corrected chi connectivity index (χ4v) is 2.28. The van der Waals surface area contributed by atoms with Gasteiger partial charge in [-0.3, -0.25) is 9.59 Å². The van der Waals surface area contributed by atoms with Gasteiger partial charge in [0.1, 0.15) is 0 Å². The number of hydrogen-bond donors (Lipinski definition) is 0. The SMILES string of the molecule is CCCCC(=O)C(F)C(=O)c1cccc(Br)c1Br. The van der Waals surface area contributed by atoms with E-state index in [1.807, 2.05) is 6.92 Å². The van der Waals surface area contributed by atoms with Crippen molar-refractivity contribution < 1.29 is 14.0 Å². The average molecular weight is 380 g/mol. The smallest absolute Gasteiger partial charge is 0.220 e. The first kappa shape index (κ1) is 15.5. The van der Waals surface area contributed by atoms with Crippen LogP contribution < -0.4 is 0 Å². The summed E-state index contributed by atoms with van der Waals surface area (Å²) >= 11 is 6.44. The van der Waals surface area contributed by atoms with E-state index in [0.29, 0.717) is 15.4 Å². The monoisotopic (exact) mass is 378 g/mol. The maximum absolute atomic E-state index is 13.8. The number of rotatable bonds is 6. The molecule has 0 radical (unpaired) electrons. The van der Waals surface area contributed by atoms with Gasteiger partial charge in [0.25, 0.3) is 0 Å². The molecule has 5 heteroatoms. The number of unbranched alkanes of at least 4 members (excludes halogenated alkanes) is 1. The first-order valence-corrected chi connectivity index (χ1v) is 7.22. The van der Waals surface area contributed by atoms with Gasteiger partial charge in [0.2, 0.25) is 12.0 Å². The first-order valence-electron chi connectivity index (χ1n) is 5.64. The molecule has 1 atom stereocenters. The van der Waals surface area contributed by atoms with Gasteiger partial charge in [0, 0.05) is 20.9 Å². The van der Waals surface area contributed by atoms with Crippen LogP contribution in [0.4, 0.5) is 4.39 Å². The number of hydrogen-bond acceptors (Lipinski definition) is 2. The molecule has 2 nitrogen and oxygen atoms in total. The number of Topliss-reactive ketones (excluding diaryl/α,β-unsaturated/α-hetero) is 2. The van der Waals surface area contributed by atoms with E-state index < -0.39 is 17.7 Å². The van der Waals surface area contributed by atoms with Crippen molar-refractivity contribution in [3.8, 4) is 0 Å². The third kappa shape index (κ3) is 3.72. The van der Waals surface area contributed by atoms with Gasteiger partial charge in [-0.1, -0.05) is 25.5 Å². The minimum atomic E-state index is -2.07.